The van der Waals surface area contributed by atoms with Crippen LogP contribution in [0.15, 0.2) is 40.0 Å². The Labute approximate surface area is 155 Å². The molecule has 0 aliphatic heterocycles. The number of aliphatic imine (C=N–C) groups is 1. The molecule has 0 fully saturated rings. The fourth-order valence-electron chi connectivity index (χ4n) is 2.87. The first kappa shape index (κ1) is 18.1. The van der Waals surface area contributed by atoms with Crippen LogP contribution in [0.25, 0.3) is 10.9 Å². The lowest BCUT2D eigenvalue weighted by Gasteiger charge is -2.20. The molecule has 0 aliphatic rings. The van der Waals surface area contributed by atoms with Crippen molar-refractivity contribution in [1.82, 2.24) is 4.57 Å². The fourth-order valence-corrected chi connectivity index (χ4v) is 3.53. The number of aromatic nitrogens is 1. The number of nitrogens with zero attached hydrogens (tertiary/aromatic N) is 2. The monoisotopic (exact) mass is 368 g/mol. The Morgan fingerprint density at radius 2 is 2.08 bits per heavy atom. The number of fused-ring (bicyclic) bond motifs is 1. The summed E-state index contributed by atoms with van der Waals surface area (Å²) < 4.78 is 7.45. The Morgan fingerprint density at radius 3 is 2.69 bits per heavy atom. The average molecular weight is 368 g/mol. The highest BCUT2D eigenvalue weighted by molar-refractivity contribution is 7.07. The highest BCUT2D eigenvalue weighted by Crippen LogP contribution is 2.36. The maximum atomic E-state index is 12.9. The first-order chi connectivity index (χ1) is 12.3. The summed E-state index contributed by atoms with van der Waals surface area (Å²) in [4.78, 5) is 27.8. The zero-order valence-electron chi connectivity index (χ0n) is 15.2. The molecule has 134 valence electrons. The van der Waals surface area contributed by atoms with Gasteiger partial charge in [-0.15, -0.1) is 0 Å². The number of ether oxygens (including phenoxy) is 1. The highest BCUT2D eigenvalue weighted by Gasteiger charge is 2.27. The number of carbonyl (C=O) groups is 1. The second-order valence-corrected chi connectivity index (χ2v) is 7.92. The van der Waals surface area contributed by atoms with E-state index < -0.39 is 11.6 Å². The van der Waals surface area contributed by atoms with Crippen LogP contribution in [0.2, 0.25) is 0 Å². The van der Waals surface area contributed by atoms with Crippen molar-refractivity contribution in [2.45, 2.75) is 39.8 Å². The van der Waals surface area contributed by atoms with E-state index >= 15 is 0 Å². The quantitative estimate of drug-likeness (QED) is 0.371. The van der Waals surface area contributed by atoms with Crippen molar-refractivity contribution in [3.63, 3.8) is 0 Å². The van der Waals surface area contributed by atoms with E-state index in [-0.39, 0.29) is 5.69 Å². The molecule has 6 heteroatoms. The van der Waals surface area contributed by atoms with Gasteiger partial charge in [0.15, 0.2) is 5.69 Å². The third kappa shape index (κ3) is 3.62. The molecule has 0 atom stereocenters. The number of hydrogen-bond donors (Lipinski definition) is 0. The molecule has 3 aromatic rings. The van der Waals surface area contributed by atoms with E-state index in [1.54, 1.807) is 17.4 Å². The van der Waals surface area contributed by atoms with Gasteiger partial charge < -0.3 is 9.30 Å². The van der Waals surface area contributed by atoms with Crippen LogP contribution >= 0.6 is 11.3 Å². The minimum absolute atomic E-state index is 0.273. The van der Waals surface area contributed by atoms with Crippen molar-refractivity contribution in [1.29, 1.82) is 0 Å². The van der Waals surface area contributed by atoms with Crippen LogP contribution in [0.5, 0.6) is 0 Å². The Kier molecular flexibility index (Phi) is 4.81. The third-order valence-electron chi connectivity index (χ3n) is 3.86. The summed E-state index contributed by atoms with van der Waals surface area (Å²) in [6.07, 6.45) is 1.58. The predicted molar refractivity (Wildman–Crippen MR) is 103 cm³/mol. The highest BCUT2D eigenvalue weighted by atomic mass is 32.1. The van der Waals surface area contributed by atoms with E-state index in [0.717, 1.165) is 22.0 Å². The average Bonchev–Trinajstić information content (AvgIpc) is 3.14. The molecule has 0 saturated heterocycles. The van der Waals surface area contributed by atoms with Crippen LogP contribution in [-0.2, 0) is 16.1 Å². The molecular formula is C20H20N2O3S. The lowest BCUT2D eigenvalue weighted by molar-refractivity contribution is 0.00599. The number of thiophene rings is 1. The lowest BCUT2D eigenvalue weighted by Crippen LogP contribution is -2.25. The summed E-state index contributed by atoms with van der Waals surface area (Å²) in [7, 11) is 0. The van der Waals surface area contributed by atoms with Crippen molar-refractivity contribution in [3.05, 3.63) is 51.8 Å². The van der Waals surface area contributed by atoms with E-state index in [1.807, 2.05) is 67.3 Å². The van der Waals surface area contributed by atoms with Crippen LogP contribution in [-0.4, -0.2) is 22.2 Å². The van der Waals surface area contributed by atoms with Crippen molar-refractivity contribution < 1.29 is 14.3 Å². The molecule has 3 rings (SSSR count). The summed E-state index contributed by atoms with van der Waals surface area (Å²) in [5, 5.41) is 4.76. The molecule has 0 bridgehead atoms. The molecular weight excluding hydrogens is 348 g/mol. The van der Waals surface area contributed by atoms with Gasteiger partial charge in [-0.25, -0.2) is 9.59 Å². The maximum Gasteiger partial charge on any atom is 0.357 e. The van der Waals surface area contributed by atoms with Gasteiger partial charge in [-0.1, -0.05) is 11.6 Å². The normalized spacial score (nSPS) is 11.4. The first-order valence-electron chi connectivity index (χ1n) is 8.25. The zero-order chi connectivity index (χ0) is 18.9. The number of benzene rings is 1. The number of hydrogen-bond acceptors (Lipinski definition) is 5. The molecule has 0 saturated carbocycles. The number of rotatable bonds is 4. The number of carbonyl (C=O) groups excluding carboxylic acids is 2. The van der Waals surface area contributed by atoms with E-state index in [0.29, 0.717) is 12.2 Å². The van der Waals surface area contributed by atoms with Crippen LogP contribution in [0, 0.1) is 6.92 Å². The molecule has 0 unspecified atom stereocenters. The maximum absolute atomic E-state index is 12.9. The summed E-state index contributed by atoms with van der Waals surface area (Å²) in [5.74, 6) is -0.504. The lowest BCUT2D eigenvalue weighted by atomic mass is 10.1. The van der Waals surface area contributed by atoms with Crippen LogP contribution in [0.4, 0.5) is 5.69 Å². The molecule has 5 nitrogen and oxygen atoms in total. The topological polar surface area (TPSA) is 60.7 Å². The Bertz CT molecular complexity index is 1000. The van der Waals surface area contributed by atoms with Crippen molar-refractivity contribution >= 4 is 40.0 Å². The second kappa shape index (κ2) is 6.90. The molecule has 0 spiro atoms. The SMILES string of the molecule is Cc1ccc2c(c1)c(N=C=O)c(C(=O)OC(C)(C)C)n2Cc1ccsc1. The van der Waals surface area contributed by atoms with Crippen molar-refractivity contribution in [2.24, 2.45) is 4.99 Å². The van der Waals surface area contributed by atoms with Crippen LogP contribution < -0.4 is 0 Å². The molecule has 1 aromatic carbocycles. The first-order valence-corrected chi connectivity index (χ1v) is 9.19. The van der Waals surface area contributed by atoms with Gasteiger partial charge in [0.2, 0.25) is 6.08 Å². The van der Waals surface area contributed by atoms with E-state index in [2.05, 4.69) is 4.99 Å². The minimum atomic E-state index is -0.654. The van der Waals surface area contributed by atoms with Gasteiger partial charge in [-0.2, -0.15) is 16.3 Å². The van der Waals surface area contributed by atoms with Gasteiger partial charge in [0, 0.05) is 11.9 Å². The second-order valence-electron chi connectivity index (χ2n) is 7.14. The Balaban J connectivity index is 2.28. The number of esters is 1. The Morgan fingerprint density at radius 1 is 1.31 bits per heavy atom. The van der Waals surface area contributed by atoms with Gasteiger partial charge in [-0.3, -0.25) is 0 Å². The summed E-state index contributed by atoms with van der Waals surface area (Å²) in [6.45, 7) is 7.87. The van der Waals surface area contributed by atoms with Crippen LogP contribution in [0.3, 0.4) is 0 Å². The summed E-state index contributed by atoms with van der Waals surface area (Å²) in [6, 6.07) is 7.84. The van der Waals surface area contributed by atoms with Gasteiger partial charge in [0.05, 0.1) is 5.52 Å². The predicted octanol–water partition coefficient (Wildman–Crippen LogP) is 4.98. The summed E-state index contributed by atoms with van der Waals surface area (Å²) in [5.41, 5.74) is 2.84. The smallest absolute Gasteiger partial charge is 0.357 e. The van der Waals surface area contributed by atoms with Gasteiger partial charge >= 0.3 is 5.97 Å². The number of aryl methyl sites for hydroxylation is 1. The van der Waals surface area contributed by atoms with E-state index in [4.69, 9.17) is 4.74 Å². The zero-order valence-corrected chi connectivity index (χ0v) is 16.0. The third-order valence-corrected chi connectivity index (χ3v) is 4.59. The summed E-state index contributed by atoms with van der Waals surface area (Å²) >= 11 is 1.59. The molecule has 26 heavy (non-hydrogen) atoms. The molecule has 0 radical (unpaired) electrons. The molecule has 0 aliphatic carbocycles. The van der Waals surface area contributed by atoms with Crippen molar-refractivity contribution in [3.8, 4) is 0 Å². The largest absolute Gasteiger partial charge is 0.455 e. The number of isocyanates is 1. The van der Waals surface area contributed by atoms with Gasteiger partial charge in [-0.05, 0) is 62.2 Å². The van der Waals surface area contributed by atoms with Gasteiger partial charge in [0.25, 0.3) is 0 Å². The van der Waals surface area contributed by atoms with E-state index in [9.17, 15) is 9.59 Å². The van der Waals surface area contributed by atoms with Gasteiger partial charge in [0.1, 0.15) is 11.3 Å². The molecule has 0 N–H and O–H groups in total. The van der Waals surface area contributed by atoms with Crippen LogP contribution in [0.1, 0.15) is 42.4 Å². The molecule has 0 amide bonds. The Hall–Kier alpha value is -2.69. The molecule has 2 heterocycles. The molecule has 2 aromatic heterocycles. The van der Waals surface area contributed by atoms with Crippen molar-refractivity contribution in [2.75, 3.05) is 0 Å². The fraction of sp³-hybridized carbons (Fsp3) is 0.300. The standard InChI is InChI=1S/C20H20N2O3S/c1-13-5-6-16-15(9-13)17(21-12-23)18(19(24)25-20(2,3)4)22(16)10-14-7-8-26-11-14/h5-9,11H,10H2,1-4H3. The minimum Gasteiger partial charge on any atom is -0.455 e. The van der Waals surface area contributed by atoms with E-state index in [1.165, 1.54) is 0 Å².